The second-order valence-corrected chi connectivity index (χ2v) is 6.31. The number of carbonyl (C=O) groups is 2. The molecule has 1 aromatic carbocycles. The van der Waals surface area contributed by atoms with Gasteiger partial charge in [-0.1, -0.05) is 12.1 Å². The monoisotopic (exact) mass is 344 g/mol. The predicted molar refractivity (Wildman–Crippen MR) is 93.9 cm³/mol. The average Bonchev–Trinajstić information content (AvgIpc) is 3.21. The minimum Gasteiger partial charge on any atom is -0.355 e. The molecule has 6 heteroatoms. The fourth-order valence-electron chi connectivity index (χ4n) is 3.20. The Hall–Kier alpha value is -2.18. The molecule has 1 N–H and O–H groups in total. The largest absolute Gasteiger partial charge is 0.355 e. The van der Waals surface area contributed by atoms with Crippen LogP contribution >= 0.6 is 0 Å². The second-order valence-electron chi connectivity index (χ2n) is 6.31. The van der Waals surface area contributed by atoms with Gasteiger partial charge < -0.3 is 19.7 Å². The van der Waals surface area contributed by atoms with Gasteiger partial charge in [-0.2, -0.15) is 0 Å². The highest BCUT2D eigenvalue weighted by atomic mass is 16.7. The Morgan fingerprint density at radius 3 is 2.36 bits per heavy atom. The summed E-state index contributed by atoms with van der Waals surface area (Å²) in [4.78, 5) is 25.7. The first-order valence-corrected chi connectivity index (χ1v) is 8.69. The van der Waals surface area contributed by atoms with Crippen molar-refractivity contribution in [1.29, 1.82) is 0 Å². The highest BCUT2D eigenvalue weighted by Gasteiger charge is 2.31. The van der Waals surface area contributed by atoms with Gasteiger partial charge in [0.05, 0.1) is 13.2 Å². The molecular weight excluding hydrogens is 320 g/mol. The van der Waals surface area contributed by atoms with Gasteiger partial charge in [-0.3, -0.25) is 9.59 Å². The maximum absolute atomic E-state index is 12.3. The molecule has 2 amide bonds. The summed E-state index contributed by atoms with van der Waals surface area (Å²) in [7, 11) is 1.60. The Morgan fingerprint density at radius 1 is 1.12 bits per heavy atom. The van der Waals surface area contributed by atoms with Crippen LogP contribution in [-0.4, -0.2) is 56.4 Å². The fraction of sp³-hybridized carbons (Fsp3) is 0.474. The van der Waals surface area contributed by atoms with E-state index >= 15 is 0 Å². The number of benzene rings is 1. The molecule has 2 aliphatic rings. The van der Waals surface area contributed by atoms with E-state index in [0.29, 0.717) is 24.7 Å². The minimum atomic E-state index is -0.121. The molecule has 0 saturated carbocycles. The van der Waals surface area contributed by atoms with Crippen LogP contribution in [0.4, 0.5) is 0 Å². The van der Waals surface area contributed by atoms with Crippen molar-refractivity contribution in [2.45, 2.75) is 19.1 Å². The first-order valence-electron chi connectivity index (χ1n) is 8.69. The molecule has 0 aromatic heterocycles. The molecule has 0 atom stereocenters. The van der Waals surface area contributed by atoms with Crippen molar-refractivity contribution in [1.82, 2.24) is 10.2 Å². The summed E-state index contributed by atoms with van der Waals surface area (Å²) in [6, 6.07) is 7.15. The molecule has 0 radical (unpaired) electrons. The first-order chi connectivity index (χ1) is 12.2. The van der Waals surface area contributed by atoms with E-state index in [1.807, 2.05) is 17.0 Å². The van der Waals surface area contributed by atoms with Gasteiger partial charge in [-0.05, 0) is 36.6 Å². The standard InChI is InChI=1S/C19H24N2O4/c1-20-18(23)15-5-2-14(3-6-15)4-7-17(22)21-10-8-16(9-11-21)19-24-12-13-25-19/h2-7,16,19H,8-13H2,1H3,(H,20,23)/b7-4-. The van der Waals surface area contributed by atoms with Gasteiger partial charge in [0, 0.05) is 37.7 Å². The number of amides is 2. The SMILES string of the molecule is CNC(=O)c1ccc(/C=C\C(=O)N2CCC(C3OCCO3)CC2)cc1. The Morgan fingerprint density at radius 2 is 1.76 bits per heavy atom. The number of hydrogen-bond donors (Lipinski definition) is 1. The minimum absolute atomic E-state index is 0.0158. The zero-order valence-electron chi connectivity index (χ0n) is 14.4. The van der Waals surface area contributed by atoms with Crippen LogP contribution in [0.5, 0.6) is 0 Å². The number of carbonyl (C=O) groups excluding carboxylic acids is 2. The molecule has 0 aliphatic carbocycles. The number of rotatable bonds is 4. The first kappa shape index (κ1) is 17.6. The highest BCUT2D eigenvalue weighted by molar-refractivity contribution is 5.94. The lowest BCUT2D eigenvalue weighted by Gasteiger charge is -2.33. The van der Waals surface area contributed by atoms with Crippen molar-refractivity contribution in [3.05, 3.63) is 41.5 Å². The van der Waals surface area contributed by atoms with Crippen molar-refractivity contribution < 1.29 is 19.1 Å². The number of piperidine rings is 1. The van der Waals surface area contributed by atoms with Gasteiger partial charge in [0.2, 0.25) is 5.91 Å². The summed E-state index contributed by atoms with van der Waals surface area (Å²) in [5, 5.41) is 2.58. The number of hydrogen-bond acceptors (Lipinski definition) is 4. The zero-order valence-corrected chi connectivity index (χ0v) is 14.4. The second kappa shape index (κ2) is 8.27. The summed E-state index contributed by atoms with van der Waals surface area (Å²) in [6.45, 7) is 2.80. The van der Waals surface area contributed by atoms with E-state index in [-0.39, 0.29) is 18.1 Å². The Balaban J connectivity index is 1.50. The van der Waals surface area contributed by atoms with Crippen LogP contribution in [0.2, 0.25) is 0 Å². The number of nitrogens with zero attached hydrogens (tertiary/aromatic N) is 1. The third-order valence-corrected chi connectivity index (χ3v) is 4.70. The molecule has 0 spiro atoms. The summed E-state index contributed by atoms with van der Waals surface area (Å²) >= 11 is 0. The van der Waals surface area contributed by atoms with Gasteiger partial charge in [0.15, 0.2) is 6.29 Å². The highest BCUT2D eigenvalue weighted by Crippen LogP contribution is 2.25. The summed E-state index contributed by atoms with van der Waals surface area (Å²) < 4.78 is 11.1. The van der Waals surface area contributed by atoms with Crippen molar-refractivity contribution in [3.63, 3.8) is 0 Å². The smallest absolute Gasteiger partial charge is 0.251 e. The molecule has 134 valence electrons. The maximum atomic E-state index is 12.3. The van der Waals surface area contributed by atoms with Crippen LogP contribution in [-0.2, 0) is 14.3 Å². The number of likely N-dealkylation sites (tertiary alicyclic amines) is 1. The van der Waals surface area contributed by atoms with E-state index in [1.165, 1.54) is 0 Å². The van der Waals surface area contributed by atoms with Crippen LogP contribution in [0.25, 0.3) is 6.08 Å². The van der Waals surface area contributed by atoms with E-state index in [1.54, 1.807) is 31.3 Å². The lowest BCUT2D eigenvalue weighted by Crippen LogP contribution is -2.40. The number of ether oxygens (including phenoxy) is 2. The Bertz CT molecular complexity index is 627. The topological polar surface area (TPSA) is 67.9 Å². The van der Waals surface area contributed by atoms with Crippen molar-refractivity contribution in [2.75, 3.05) is 33.4 Å². The van der Waals surface area contributed by atoms with Crippen molar-refractivity contribution in [2.24, 2.45) is 5.92 Å². The van der Waals surface area contributed by atoms with E-state index in [2.05, 4.69) is 5.32 Å². The van der Waals surface area contributed by atoms with Gasteiger partial charge in [-0.25, -0.2) is 0 Å². The van der Waals surface area contributed by atoms with Gasteiger partial charge in [0.1, 0.15) is 0 Å². The lowest BCUT2D eigenvalue weighted by molar-refractivity contribution is -0.131. The summed E-state index contributed by atoms with van der Waals surface area (Å²) in [5.74, 6) is 0.277. The molecule has 0 unspecified atom stereocenters. The Labute approximate surface area is 147 Å². The molecule has 2 heterocycles. The molecule has 6 nitrogen and oxygen atoms in total. The van der Waals surface area contributed by atoms with Gasteiger partial charge in [0.25, 0.3) is 5.91 Å². The third-order valence-electron chi connectivity index (χ3n) is 4.70. The normalized spacial score (nSPS) is 19.5. The van der Waals surface area contributed by atoms with Crippen LogP contribution in [0.3, 0.4) is 0 Å². The van der Waals surface area contributed by atoms with E-state index in [9.17, 15) is 9.59 Å². The molecule has 2 saturated heterocycles. The lowest BCUT2D eigenvalue weighted by atomic mass is 9.96. The molecule has 0 bridgehead atoms. The zero-order chi connectivity index (χ0) is 17.6. The molecular formula is C19H24N2O4. The number of nitrogens with one attached hydrogen (secondary N) is 1. The molecule has 1 aromatic rings. The van der Waals surface area contributed by atoms with Crippen molar-refractivity contribution in [3.8, 4) is 0 Å². The molecule has 2 fully saturated rings. The van der Waals surface area contributed by atoms with Crippen molar-refractivity contribution >= 4 is 17.9 Å². The van der Waals surface area contributed by atoms with Crippen LogP contribution in [0.15, 0.2) is 30.3 Å². The summed E-state index contributed by atoms with van der Waals surface area (Å²) in [5.41, 5.74) is 1.49. The molecule has 25 heavy (non-hydrogen) atoms. The van der Waals surface area contributed by atoms with E-state index < -0.39 is 0 Å². The van der Waals surface area contributed by atoms with Gasteiger partial charge in [-0.15, -0.1) is 0 Å². The van der Waals surface area contributed by atoms with E-state index in [0.717, 1.165) is 31.5 Å². The van der Waals surface area contributed by atoms with Crippen LogP contribution in [0.1, 0.15) is 28.8 Å². The maximum Gasteiger partial charge on any atom is 0.251 e. The van der Waals surface area contributed by atoms with Crippen LogP contribution < -0.4 is 5.32 Å². The van der Waals surface area contributed by atoms with Gasteiger partial charge >= 0.3 is 0 Å². The summed E-state index contributed by atoms with van der Waals surface area (Å²) in [6.07, 6.45) is 5.10. The van der Waals surface area contributed by atoms with Crippen LogP contribution in [0, 0.1) is 5.92 Å². The molecule has 3 rings (SSSR count). The molecule has 2 aliphatic heterocycles. The quantitative estimate of drug-likeness (QED) is 0.844. The third kappa shape index (κ3) is 4.46. The fourth-order valence-corrected chi connectivity index (χ4v) is 3.20. The van der Waals surface area contributed by atoms with E-state index in [4.69, 9.17) is 9.47 Å². The average molecular weight is 344 g/mol. The Kier molecular flexibility index (Phi) is 5.83. The predicted octanol–water partition coefficient (Wildman–Crippen LogP) is 1.67.